The van der Waals surface area contributed by atoms with Crippen molar-refractivity contribution < 1.29 is 14.3 Å². The van der Waals surface area contributed by atoms with Crippen molar-refractivity contribution in [1.82, 2.24) is 4.90 Å². The lowest BCUT2D eigenvalue weighted by molar-refractivity contribution is -0.147. The van der Waals surface area contributed by atoms with Gasteiger partial charge in [0.1, 0.15) is 6.54 Å². The minimum atomic E-state index is -0.334. The average molecular weight is 247 g/mol. The molecule has 0 spiro atoms. The lowest BCUT2D eigenvalue weighted by Crippen LogP contribution is -2.33. The second-order valence-corrected chi connectivity index (χ2v) is 4.32. The van der Waals surface area contributed by atoms with Gasteiger partial charge in [0, 0.05) is 6.54 Å². The van der Waals surface area contributed by atoms with E-state index >= 15 is 0 Å². The van der Waals surface area contributed by atoms with Crippen molar-refractivity contribution in [3.05, 3.63) is 35.9 Å². The third kappa shape index (κ3) is 2.70. The van der Waals surface area contributed by atoms with E-state index in [4.69, 9.17) is 4.74 Å². The maximum absolute atomic E-state index is 12.2. The van der Waals surface area contributed by atoms with Crippen LogP contribution in [-0.4, -0.2) is 36.5 Å². The van der Waals surface area contributed by atoms with Gasteiger partial charge < -0.3 is 9.64 Å². The van der Waals surface area contributed by atoms with Crippen molar-refractivity contribution in [2.24, 2.45) is 0 Å². The van der Waals surface area contributed by atoms with Crippen molar-refractivity contribution in [2.45, 2.75) is 19.3 Å². The standard InChI is InChI=1S/C14H17NO3/c1-2-18-13(16)10-15-9-8-12(14(15)17)11-6-4-3-5-7-11/h3-7,12H,2,8-10H2,1H3. The van der Waals surface area contributed by atoms with Gasteiger partial charge in [-0.3, -0.25) is 9.59 Å². The fourth-order valence-electron chi connectivity index (χ4n) is 2.25. The van der Waals surface area contributed by atoms with E-state index in [0.717, 1.165) is 12.0 Å². The Kier molecular flexibility index (Phi) is 3.97. The molecule has 0 bridgehead atoms. The first-order chi connectivity index (χ1) is 8.72. The smallest absolute Gasteiger partial charge is 0.325 e. The Morgan fingerprint density at radius 3 is 2.78 bits per heavy atom. The topological polar surface area (TPSA) is 46.6 Å². The van der Waals surface area contributed by atoms with Crippen molar-refractivity contribution in [1.29, 1.82) is 0 Å². The zero-order chi connectivity index (χ0) is 13.0. The Labute approximate surface area is 107 Å². The van der Waals surface area contributed by atoms with Crippen LogP contribution in [-0.2, 0) is 14.3 Å². The summed E-state index contributed by atoms with van der Waals surface area (Å²) < 4.78 is 4.86. The molecule has 4 heteroatoms. The molecule has 0 saturated carbocycles. The normalized spacial score (nSPS) is 19.1. The second-order valence-electron chi connectivity index (χ2n) is 4.32. The van der Waals surface area contributed by atoms with Gasteiger partial charge in [-0.2, -0.15) is 0 Å². The lowest BCUT2D eigenvalue weighted by Gasteiger charge is -2.15. The first-order valence-corrected chi connectivity index (χ1v) is 6.21. The molecule has 1 heterocycles. The molecule has 0 aliphatic carbocycles. The van der Waals surface area contributed by atoms with Gasteiger partial charge in [0.05, 0.1) is 12.5 Å². The van der Waals surface area contributed by atoms with E-state index in [9.17, 15) is 9.59 Å². The van der Waals surface area contributed by atoms with E-state index in [1.807, 2.05) is 30.3 Å². The fraction of sp³-hybridized carbons (Fsp3) is 0.429. The number of carbonyl (C=O) groups is 2. The quantitative estimate of drug-likeness (QED) is 0.759. The molecule has 2 rings (SSSR count). The molecule has 96 valence electrons. The number of likely N-dealkylation sites (tertiary alicyclic amines) is 1. The summed E-state index contributed by atoms with van der Waals surface area (Å²) in [6, 6.07) is 9.69. The van der Waals surface area contributed by atoms with Crippen LogP contribution in [0, 0.1) is 0 Å². The molecule has 1 aliphatic rings. The van der Waals surface area contributed by atoms with Gasteiger partial charge in [0.25, 0.3) is 0 Å². The number of benzene rings is 1. The van der Waals surface area contributed by atoms with Gasteiger partial charge in [-0.1, -0.05) is 30.3 Å². The lowest BCUT2D eigenvalue weighted by atomic mass is 9.98. The largest absolute Gasteiger partial charge is 0.465 e. The Bertz CT molecular complexity index is 430. The number of ether oxygens (including phenoxy) is 1. The van der Waals surface area contributed by atoms with Gasteiger partial charge >= 0.3 is 5.97 Å². The highest BCUT2D eigenvalue weighted by Gasteiger charge is 2.33. The molecule has 18 heavy (non-hydrogen) atoms. The molecule has 1 atom stereocenters. The third-order valence-electron chi connectivity index (χ3n) is 3.12. The highest BCUT2D eigenvalue weighted by atomic mass is 16.5. The summed E-state index contributed by atoms with van der Waals surface area (Å²) in [6.07, 6.45) is 0.766. The van der Waals surface area contributed by atoms with Crippen LogP contribution < -0.4 is 0 Å². The van der Waals surface area contributed by atoms with Gasteiger partial charge in [0.15, 0.2) is 0 Å². The molecule has 4 nitrogen and oxygen atoms in total. The van der Waals surface area contributed by atoms with E-state index in [1.54, 1.807) is 11.8 Å². The molecule has 1 aromatic carbocycles. The Morgan fingerprint density at radius 1 is 1.39 bits per heavy atom. The molecular formula is C14H17NO3. The van der Waals surface area contributed by atoms with Gasteiger partial charge in [-0.15, -0.1) is 0 Å². The van der Waals surface area contributed by atoms with Crippen LogP contribution in [0.25, 0.3) is 0 Å². The summed E-state index contributed by atoms with van der Waals surface area (Å²) in [5, 5.41) is 0. The zero-order valence-electron chi connectivity index (χ0n) is 10.5. The van der Waals surface area contributed by atoms with Crippen molar-refractivity contribution in [2.75, 3.05) is 19.7 Å². The minimum Gasteiger partial charge on any atom is -0.465 e. The molecule has 1 aliphatic heterocycles. The van der Waals surface area contributed by atoms with E-state index in [1.165, 1.54) is 0 Å². The van der Waals surface area contributed by atoms with Gasteiger partial charge in [-0.05, 0) is 18.9 Å². The van der Waals surface area contributed by atoms with E-state index in [-0.39, 0.29) is 24.3 Å². The predicted octanol–water partition coefficient (Wildman–Crippen LogP) is 1.57. The molecule has 1 fully saturated rings. The number of carbonyl (C=O) groups excluding carboxylic acids is 2. The first-order valence-electron chi connectivity index (χ1n) is 6.21. The van der Waals surface area contributed by atoms with Crippen LogP contribution in [0.2, 0.25) is 0 Å². The number of nitrogens with zero attached hydrogens (tertiary/aromatic N) is 1. The average Bonchev–Trinajstić information content (AvgIpc) is 2.72. The summed E-state index contributed by atoms with van der Waals surface area (Å²) in [7, 11) is 0. The number of amides is 1. The molecule has 1 unspecified atom stereocenters. The van der Waals surface area contributed by atoms with Crippen LogP contribution >= 0.6 is 0 Å². The SMILES string of the molecule is CCOC(=O)CN1CCC(c2ccccc2)C1=O. The summed E-state index contributed by atoms with van der Waals surface area (Å²) in [6.45, 7) is 2.80. The fourth-order valence-corrected chi connectivity index (χ4v) is 2.25. The first kappa shape index (κ1) is 12.6. The Hall–Kier alpha value is -1.84. The molecular weight excluding hydrogens is 230 g/mol. The molecule has 0 aromatic heterocycles. The van der Waals surface area contributed by atoms with E-state index in [2.05, 4.69) is 0 Å². The van der Waals surface area contributed by atoms with Crippen molar-refractivity contribution >= 4 is 11.9 Å². The number of rotatable bonds is 4. The third-order valence-corrected chi connectivity index (χ3v) is 3.12. The van der Waals surface area contributed by atoms with Crippen molar-refractivity contribution in [3.8, 4) is 0 Å². The summed E-state index contributed by atoms with van der Waals surface area (Å²) in [5.41, 5.74) is 1.02. The molecule has 1 aromatic rings. The van der Waals surface area contributed by atoms with Crippen LogP contribution in [0.4, 0.5) is 0 Å². The summed E-state index contributed by atoms with van der Waals surface area (Å²) in [4.78, 5) is 25.1. The molecule has 0 radical (unpaired) electrons. The minimum absolute atomic E-state index is 0.0225. The Morgan fingerprint density at radius 2 is 2.11 bits per heavy atom. The van der Waals surface area contributed by atoms with Crippen LogP contribution in [0.5, 0.6) is 0 Å². The molecule has 0 N–H and O–H groups in total. The highest BCUT2D eigenvalue weighted by molar-refractivity contribution is 5.88. The highest BCUT2D eigenvalue weighted by Crippen LogP contribution is 2.28. The van der Waals surface area contributed by atoms with Gasteiger partial charge in [0.2, 0.25) is 5.91 Å². The van der Waals surface area contributed by atoms with Gasteiger partial charge in [-0.25, -0.2) is 0 Å². The Balaban J connectivity index is 1.99. The number of esters is 1. The number of hydrogen-bond acceptors (Lipinski definition) is 3. The molecule has 1 saturated heterocycles. The maximum atomic E-state index is 12.2. The zero-order valence-corrected chi connectivity index (χ0v) is 10.5. The van der Waals surface area contributed by atoms with Crippen LogP contribution in [0.1, 0.15) is 24.8 Å². The maximum Gasteiger partial charge on any atom is 0.325 e. The summed E-state index contributed by atoms with van der Waals surface area (Å²) >= 11 is 0. The number of hydrogen-bond donors (Lipinski definition) is 0. The van der Waals surface area contributed by atoms with E-state index < -0.39 is 0 Å². The summed E-state index contributed by atoms with van der Waals surface area (Å²) in [5.74, 6) is -0.422. The second kappa shape index (κ2) is 5.67. The molecule has 1 amide bonds. The van der Waals surface area contributed by atoms with E-state index in [0.29, 0.717) is 13.2 Å². The van der Waals surface area contributed by atoms with Crippen LogP contribution in [0.15, 0.2) is 30.3 Å². The monoisotopic (exact) mass is 247 g/mol. The predicted molar refractivity (Wildman–Crippen MR) is 67.0 cm³/mol. The van der Waals surface area contributed by atoms with Crippen molar-refractivity contribution in [3.63, 3.8) is 0 Å². The van der Waals surface area contributed by atoms with Crippen LogP contribution in [0.3, 0.4) is 0 Å².